The summed E-state index contributed by atoms with van der Waals surface area (Å²) in [6.45, 7) is 3.78. The van der Waals surface area contributed by atoms with Crippen LogP contribution in [0.4, 0.5) is 0 Å². The standard InChI is InChI=1S/C13H16Cl3NO3S/c14-12-10(4-5-11(13(12)15)21(16,18)19)20-9-3-8-17-6-1-2-7-17/h4-5H,1-3,6-9H2. The van der Waals surface area contributed by atoms with E-state index in [2.05, 4.69) is 4.90 Å². The Balaban J connectivity index is 1.93. The molecule has 0 bridgehead atoms. The molecule has 2 rings (SSSR count). The summed E-state index contributed by atoms with van der Waals surface area (Å²) in [4.78, 5) is 2.18. The lowest BCUT2D eigenvalue weighted by Crippen LogP contribution is -2.21. The van der Waals surface area contributed by atoms with Crippen LogP contribution in [0.25, 0.3) is 0 Å². The van der Waals surface area contributed by atoms with Gasteiger partial charge in [-0.25, -0.2) is 8.42 Å². The van der Waals surface area contributed by atoms with E-state index in [4.69, 9.17) is 38.6 Å². The Bertz CT molecular complexity index is 601. The second kappa shape index (κ2) is 7.38. The van der Waals surface area contributed by atoms with Gasteiger partial charge in [0, 0.05) is 17.2 Å². The third kappa shape index (κ3) is 4.63. The van der Waals surface area contributed by atoms with Crippen molar-refractivity contribution >= 4 is 42.9 Å². The molecule has 1 fully saturated rings. The minimum atomic E-state index is -3.92. The van der Waals surface area contributed by atoms with Crippen molar-refractivity contribution in [1.29, 1.82) is 0 Å². The molecule has 8 heteroatoms. The lowest BCUT2D eigenvalue weighted by atomic mass is 10.3. The smallest absolute Gasteiger partial charge is 0.262 e. The minimum absolute atomic E-state index is 0.0690. The van der Waals surface area contributed by atoms with Crippen LogP contribution in [0.15, 0.2) is 17.0 Å². The fourth-order valence-electron chi connectivity index (χ4n) is 2.29. The monoisotopic (exact) mass is 371 g/mol. The maximum Gasteiger partial charge on any atom is 0.262 e. The predicted molar refractivity (Wildman–Crippen MR) is 85.3 cm³/mol. The van der Waals surface area contributed by atoms with Gasteiger partial charge in [-0.3, -0.25) is 0 Å². The van der Waals surface area contributed by atoms with Gasteiger partial charge >= 0.3 is 0 Å². The molecule has 1 aliphatic heterocycles. The number of halogens is 3. The first-order valence-corrected chi connectivity index (χ1v) is 9.74. The highest BCUT2D eigenvalue weighted by atomic mass is 35.7. The highest BCUT2D eigenvalue weighted by Gasteiger charge is 2.20. The fourth-order valence-corrected chi connectivity index (χ4v) is 4.08. The van der Waals surface area contributed by atoms with Gasteiger partial charge < -0.3 is 9.64 Å². The molecule has 21 heavy (non-hydrogen) atoms. The van der Waals surface area contributed by atoms with E-state index in [1.165, 1.54) is 25.0 Å². The molecule has 1 aromatic carbocycles. The highest BCUT2D eigenvalue weighted by Crippen LogP contribution is 2.37. The van der Waals surface area contributed by atoms with E-state index in [1.54, 1.807) is 0 Å². The topological polar surface area (TPSA) is 46.6 Å². The van der Waals surface area contributed by atoms with Crippen molar-refractivity contribution in [3.63, 3.8) is 0 Å². The molecule has 0 aliphatic carbocycles. The second-order valence-electron chi connectivity index (χ2n) is 4.88. The molecule has 1 aromatic rings. The average molecular weight is 373 g/mol. The molecule has 0 unspecified atom stereocenters. The summed E-state index contributed by atoms with van der Waals surface area (Å²) in [6.07, 6.45) is 3.40. The van der Waals surface area contributed by atoms with Gasteiger partial charge in [0.05, 0.1) is 11.6 Å². The zero-order valence-electron chi connectivity index (χ0n) is 11.3. The molecule has 0 aromatic heterocycles. The maximum atomic E-state index is 11.3. The summed E-state index contributed by atoms with van der Waals surface area (Å²) >= 11 is 11.9. The van der Waals surface area contributed by atoms with Gasteiger partial charge in [0.2, 0.25) is 0 Å². The molecule has 1 saturated heterocycles. The lowest BCUT2D eigenvalue weighted by Gasteiger charge is -2.15. The molecule has 0 spiro atoms. The number of benzene rings is 1. The molecule has 1 aliphatic rings. The Labute approximate surface area is 139 Å². The Hall–Kier alpha value is -0.200. The molecular weight excluding hydrogens is 357 g/mol. The van der Waals surface area contributed by atoms with E-state index in [0.717, 1.165) is 26.1 Å². The summed E-state index contributed by atoms with van der Waals surface area (Å²) in [5.74, 6) is 0.368. The number of rotatable bonds is 6. The maximum absolute atomic E-state index is 11.3. The van der Waals surface area contributed by atoms with Gasteiger partial charge in [-0.1, -0.05) is 23.2 Å². The van der Waals surface area contributed by atoms with Crippen LogP contribution in [-0.2, 0) is 9.05 Å². The van der Waals surface area contributed by atoms with Crippen LogP contribution < -0.4 is 4.74 Å². The van der Waals surface area contributed by atoms with E-state index in [-0.39, 0.29) is 14.9 Å². The lowest BCUT2D eigenvalue weighted by molar-refractivity contribution is 0.263. The van der Waals surface area contributed by atoms with Gasteiger partial charge in [0.15, 0.2) is 0 Å². The van der Waals surface area contributed by atoms with Crippen LogP contribution in [0.2, 0.25) is 10.0 Å². The molecule has 118 valence electrons. The Morgan fingerprint density at radius 2 is 1.81 bits per heavy atom. The SMILES string of the molecule is O=S(=O)(Cl)c1ccc(OCCCN2CCCC2)c(Cl)c1Cl. The van der Waals surface area contributed by atoms with Crippen molar-refractivity contribution < 1.29 is 13.2 Å². The van der Waals surface area contributed by atoms with Crippen LogP contribution in [0.1, 0.15) is 19.3 Å². The fraction of sp³-hybridized carbons (Fsp3) is 0.538. The van der Waals surface area contributed by atoms with Crippen LogP contribution in [0.5, 0.6) is 5.75 Å². The molecule has 0 amide bonds. The molecule has 0 atom stereocenters. The molecular formula is C13H16Cl3NO3S. The van der Waals surface area contributed by atoms with Crippen molar-refractivity contribution in [2.75, 3.05) is 26.2 Å². The van der Waals surface area contributed by atoms with Crippen molar-refractivity contribution in [2.45, 2.75) is 24.2 Å². The summed E-state index contributed by atoms with van der Waals surface area (Å²) in [6, 6.07) is 2.77. The molecule has 4 nitrogen and oxygen atoms in total. The Morgan fingerprint density at radius 3 is 2.43 bits per heavy atom. The van der Waals surface area contributed by atoms with Crippen LogP contribution in [0.3, 0.4) is 0 Å². The van der Waals surface area contributed by atoms with Gasteiger partial charge in [-0.15, -0.1) is 0 Å². The largest absolute Gasteiger partial charge is 0.492 e. The summed E-state index contributed by atoms with van der Waals surface area (Å²) < 4.78 is 28.2. The molecule has 1 heterocycles. The first-order valence-electron chi connectivity index (χ1n) is 6.67. The van der Waals surface area contributed by atoms with Crippen molar-refractivity contribution in [3.8, 4) is 5.75 Å². The zero-order chi connectivity index (χ0) is 15.5. The van der Waals surface area contributed by atoms with Gasteiger partial charge in [0.25, 0.3) is 9.05 Å². The van der Waals surface area contributed by atoms with Crippen LogP contribution >= 0.6 is 33.9 Å². The van der Waals surface area contributed by atoms with E-state index in [1.807, 2.05) is 0 Å². The third-order valence-corrected chi connectivity index (χ3v) is 5.69. The van der Waals surface area contributed by atoms with E-state index in [0.29, 0.717) is 12.4 Å². The number of ether oxygens (including phenoxy) is 1. The first-order chi connectivity index (χ1) is 9.89. The quantitative estimate of drug-likeness (QED) is 0.563. The second-order valence-corrected chi connectivity index (χ2v) is 8.17. The number of hydrogen-bond acceptors (Lipinski definition) is 4. The molecule has 0 N–H and O–H groups in total. The van der Waals surface area contributed by atoms with Crippen molar-refractivity contribution in [1.82, 2.24) is 4.90 Å². The Kier molecular flexibility index (Phi) is 6.03. The highest BCUT2D eigenvalue weighted by molar-refractivity contribution is 8.13. The van der Waals surface area contributed by atoms with Gasteiger partial charge in [-0.2, -0.15) is 0 Å². The summed E-state index contributed by atoms with van der Waals surface area (Å²) in [5.41, 5.74) is 0. The van der Waals surface area contributed by atoms with Gasteiger partial charge in [-0.05, 0) is 44.5 Å². The van der Waals surface area contributed by atoms with Crippen molar-refractivity contribution in [2.24, 2.45) is 0 Å². The van der Waals surface area contributed by atoms with E-state index >= 15 is 0 Å². The van der Waals surface area contributed by atoms with E-state index < -0.39 is 9.05 Å². The van der Waals surface area contributed by atoms with Gasteiger partial charge in [0.1, 0.15) is 15.7 Å². The number of likely N-dealkylation sites (tertiary alicyclic amines) is 1. The average Bonchev–Trinajstić information content (AvgIpc) is 2.91. The summed E-state index contributed by atoms with van der Waals surface area (Å²) in [5, 5.41) is -0.0386. The van der Waals surface area contributed by atoms with E-state index in [9.17, 15) is 8.42 Å². The molecule has 0 radical (unpaired) electrons. The predicted octanol–water partition coefficient (Wildman–Crippen LogP) is 3.79. The first kappa shape index (κ1) is 17.2. The summed E-state index contributed by atoms with van der Waals surface area (Å²) in [7, 11) is 1.36. The normalized spacial score (nSPS) is 16.3. The van der Waals surface area contributed by atoms with Crippen molar-refractivity contribution in [3.05, 3.63) is 22.2 Å². The van der Waals surface area contributed by atoms with Crippen LogP contribution in [-0.4, -0.2) is 39.6 Å². The number of hydrogen-bond donors (Lipinski definition) is 0. The molecule has 0 saturated carbocycles. The number of nitrogens with zero attached hydrogens (tertiary/aromatic N) is 1. The zero-order valence-corrected chi connectivity index (χ0v) is 14.4. The van der Waals surface area contributed by atoms with Crippen LogP contribution in [0, 0.1) is 0 Å². The third-order valence-electron chi connectivity index (χ3n) is 3.35. The Morgan fingerprint density at radius 1 is 1.14 bits per heavy atom. The minimum Gasteiger partial charge on any atom is -0.492 e.